The van der Waals surface area contributed by atoms with Gasteiger partial charge in [-0.1, -0.05) is 12.2 Å². The first kappa shape index (κ1) is 13.7. The van der Waals surface area contributed by atoms with Crippen LogP contribution < -0.4 is 26.3 Å². The zero-order valence-electron chi connectivity index (χ0n) is 10.9. The highest BCUT2D eigenvalue weighted by atomic mass is 16.6. The molecule has 8 nitrogen and oxygen atoms in total. The molecule has 5 N–H and O–H groups in total. The summed E-state index contributed by atoms with van der Waals surface area (Å²) in [6.07, 6.45) is 6.74. The molecule has 20 heavy (non-hydrogen) atoms. The van der Waals surface area contributed by atoms with Crippen LogP contribution in [0.25, 0.3) is 0 Å². The summed E-state index contributed by atoms with van der Waals surface area (Å²) in [6, 6.07) is 0. The molecule has 8 heteroatoms. The molecule has 0 atom stereocenters. The van der Waals surface area contributed by atoms with Gasteiger partial charge in [0.25, 0.3) is 5.88 Å². The van der Waals surface area contributed by atoms with E-state index in [1.54, 1.807) is 6.08 Å². The Morgan fingerprint density at radius 1 is 1.30 bits per heavy atom. The number of allylic oxidation sites excluding steroid dienone is 3. The normalized spacial score (nSPS) is 13.6. The summed E-state index contributed by atoms with van der Waals surface area (Å²) >= 11 is 0. The lowest BCUT2D eigenvalue weighted by molar-refractivity contribution is 0.202. The predicted octanol–water partition coefficient (Wildman–Crippen LogP) is 0.972. The molecule has 106 valence electrons. The second-order valence-electron chi connectivity index (χ2n) is 3.96. The van der Waals surface area contributed by atoms with Crippen LogP contribution >= 0.6 is 0 Å². The van der Waals surface area contributed by atoms with Gasteiger partial charge in [0.15, 0.2) is 5.69 Å². The SMILES string of the molecule is COc1nc(N)nc(OC(=O)NC2=CCCC=C2)c1N. The number of aromatic nitrogens is 2. The third kappa shape index (κ3) is 3.16. The summed E-state index contributed by atoms with van der Waals surface area (Å²) in [7, 11) is 1.37. The van der Waals surface area contributed by atoms with Crippen LogP contribution in [0.2, 0.25) is 0 Å². The number of amides is 1. The average Bonchev–Trinajstić information content (AvgIpc) is 2.43. The maximum Gasteiger partial charge on any atom is 0.418 e. The molecule has 1 aromatic heterocycles. The highest BCUT2D eigenvalue weighted by Gasteiger charge is 2.16. The molecule has 0 aromatic carbocycles. The van der Waals surface area contributed by atoms with Gasteiger partial charge in [-0.05, 0) is 18.9 Å². The molecular formula is C12H15N5O3. The van der Waals surface area contributed by atoms with Crippen LogP contribution in [0.1, 0.15) is 12.8 Å². The molecule has 0 unspecified atom stereocenters. The number of hydrogen-bond donors (Lipinski definition) is 3. The van der Waals surface area contributed by atoms with Crippen LogP contribution in [0.3, 0.4) is 0 Å². The van der Waals surface area contributed by atoms with E-state index in [9.17, 15) is 4.79 Å². The first-order valence-corrected chi connectivity index (χ1v) is 5.92. The van der Waals surface area contributed by atoms with Crippen LogP contribution in [0.4, 0.5) is 16.4 Å². The number of ether oxygens (including phenoxy) is 2. The lowest BCUT2D eigenvalue weighted by atomic mass is 10.1. The van der Waals surface area contributed by atoms with Crippen molar-refractivity contribution in [1.82, 2.24) is 15.3 Å². The minimum Gasteiger partial charge on any atom is -0.479 e. The predicted molar refractivity (Wildman–Crippen MR) is 73.0 cm³/mol. The summed E-state index contributed by atoms with van der Waals surface area (Å²) in [5.41, 5.74) is 11.8. The second kappa shape index (κ2) is 5.91. The largest absolute Gasteiger partial charge is 0.479 e. The number of nitrogens with two attached hydrogens (primary N) is 2. The van der Waals surface area contributed by atoms with E-state index in [4.69, 9.17) is 20.9 Å². The van der Waals surface area contributed by atoms with Gasteiger partial charge >= 0.3 is 6.09 Å². The van der Waals surface area contributed by atoms with E-state index in [2.05, 4.69) is 15.3 Å². The number of hydrogen-bond acceptors (Lipinski definition) is 7. The van der Waals surface area contributed by atoms with Crippen molar-refractivity contribution >= 4 is 17.7 Å². The molecule has 2 rings (SSSR count). The Morgan fingerprint density at radius 2 is 2.05 bits per heavy atom. The minimum absolute atomic E-state index is 0.00464. The number of carbonyl (C=O) groups is 1. The fourth-order valence-electron chi connectivity index (χ4n) is 1.62. The maximum absolute atomic E-state index is 11.7. The highest BCUT2D eigenvalue weighted by molar-refractivity contribution is 5.75. The van der Waals surface area contributed by atoms with Crippen molar-refractivity contribution in [2.75, 3.05) is 18.6 Å². The minimum atomic E-state index is -0.713. The fraction of sp³-hybridized carbons (Fsp3) is 0.250. The quantitative estimate of drug-likeness (QED) is 0.751. The van der Waals surface area contributed by atoms with Crippen molar-refractivity contribution < 1.29 is 14.3 Å². The molecule has 0 spiro atoms. The van der Waals surface area contributed by atoms with Gasteiger partial charge < -0.3 is 20.9 Å². The third-order valence-electron chi connectivity index (χ3n) is 2.52. The zero-order valence-corrected chi connectivity index (χ0v) is 10.9. The monoisotopic (exact) mass is 277 g/mol. The maximum atomic E-state index is 11.7. The fourth-order valence-corrected chi connectivity index (χ4v) is 1.62. The molecule has 1 aliphatic carbocycles. The molecule has 0 bridgehead atoms. The Labute approximate surface area is 115 Å². The van der Waals surface area contributed by atoms with E-state index in [1.165, 1.54) is 7.11 Å². The van der Waals surface area contributed by atoms with Crippen molar-refractivity contribution in [2.45, 2.75) is 12.8 Å². The molecule has 1 amide bonds. The van der Waals surface area contributed by atoms with Gasteiger partial charge in [-0.2, -0.15) is 9.97 Å². The number of methoxy groups -OCH3 is 1. The lowest BCUT2D eigenvalue weighted by Crippen LogP contribution is -2.27. The molecule has 1 aliphatic rings. The topological polar surface area (TPSA) is 125 Å². The van der Waals surface area contributed by atoms with E-state index < -0.39 is 6.09 Å². The van der Waals surface area contributed by atoms with E-state index in [0.717, 1.165) is 12.8 Å². The first-order valence-electron chi connectivity index (χ1n) is 5.92. The number of rotatable bonds is 3. The van der Waals surface area contributed by atoms with Crippen LogP contribution in [0.15, 0.2) is 23.9 Å². The van der Waals surface area contributed by atoms with Crippen LogP contribution in [0, 0.1) is 0 Å². The summed E-state index contributed by atoms with van der Waals surface area (Å²) < 4.78 is 9.92. The van der Waals surface area contributed by atoms with Crippen LogP contribution in [-0.2, 0) is 0 Å². The van der Waals surface area contributed by atoms with Gasteiger partial charge in [-0.15, -0.1) is 0 Å². The zero-order chi connectivity index (χ0) is 14.5. The number of nitrogen functional groups attached to an aromatic ring is 2. The van der Waals surface area contributed by atoms with Gasteiger partial charge in [0.2, 0.25) is 11.8 Å². The van der Waals surface area contributed by atoms with Crippen molar-refractivity contribution in [3.05, 3.63) is 23.9 Å². The van der Waals surface area contributed by atoms with Crippen molar-refractivity contribution in [3.63, 3.8) is 0 Å². The number of anilines is 2. The van der Waals surface area contributed by atoms with Crippen molar-refractivity contribution in [2.24, 2.45) is 0 Å². The molecule has 0 saturated heterocycles. The Bertz CT molecular complexity index is 583. The second-order valence-corrected chi connectivity index (χ2v) is 3.96. The van der Waals surface area contributed by atoms with Crippen molar-refractivity contribution in [3.8, 4) is 11.8 Å². The first-order chi connectivity index (χ1) is 9.60. The van der Waals surface area contributed by atoms with Gasteiger partial charge in [0.1, 0.15) is 0 Å². The average molecular weight is 277 g/mol. The van der Waals surface area contributed by atoms with E-state index in [-0.39, 0.29) is 23.4 Å². The van der Waals surface area contributed by atoms with E-state index in [1.807, 2.05) is 12.2 Å². The Balaban J connectivity index is 2.09. The standard InChI is InChI=1S/C12H15N5O3/c1-19-9-8(13)10(17-11(14)16-9)20-12(18)15-7-5-3-2-4-6-7/h3,5-6H,2,4,13H2,1H3,(H,15,18)(H2,14,16,17). The summed E-state index contributed by atoms with van der Waals surface area (Å²) in [6.45, 7) is 0. The van der Waals surface area contributed by atoms with Gasteiger partial charge in [-0.25, -0.2) is 4.79 Å². The lowest BCUT2D eigenvalue weighted by Gasteiger charge is -2.11. The Morgan fingerprint density at radius 3 is 2.70 bits per heavy atom. The Kier molecular flexibility index (Phi) is 4.04. The molecule has 1 heterocycles. The number of carbonyl (C=O) groups excluding carboxylic acids is 1. The third-order valence-corrected chi connectivity index (χ3v) is 2.52. The van der Waals surface area contributed by atoms with Crippen molar-refractivity contribution in [1.29, 1.82) is 0 Å². The van der Waals surface area contributed by atoms with Gasteiger partial charge in [-0.3, -0.25) is 5.32 Å². The van der Waals surface area contributed by atoms with E-state index in [0.29, 0.717) is 5.70 Å². The molecule has 0 aliphatic heterocycles. The smallest absolute Gasteiger partial charge is 0.418 e. The van der Waals surface area contributed by atoms with Gasteiger partial charge in [0, 0.05) is 5.70 Å². The molecule has 1 aromatic rings. The number of nitrogens with zero attached hydrogens (tertiary/aromatic N) is 2. The summed E-state index contributed by atoms with van der Waals surface area (Å²) in [4.78, 5) is 19.3. The van der Waals surface area contributed by atoms with E-state index >= 15 is 0 Å². The van der Waals surface area contributed by atoms with Gasteiger partial charge in [0.05, 0.1) is 7.11 Å². The molecule has 0 radical (unpaired) electrons. The highest BCUT2D eigenvalue weighted by Crippen LogP contribution is 2.28. The molecule has 0 fully saturated rings. The van der Waals surface area contributed by atoms with Crippen LogP contribution in [-0.4, -0.2) is 23.2 Å². The summed E-state index contributed by atoms with van der Waals surface area (Å²) in [5, 5.41) is 2.57. The summed E-state index contributed by atoms with van der Waals surface area (Å²) in [5.74, 6) is -0.194. The molecule has 0 saturated carbocycles. The Hall–Kier alpha value is -2.77. The molecular weight excluding hydrogens is 262 g/mol. The van der Waals surface area contributed by atoms with Crippen LogP contribution in [0.5, 0.6) is 11.8 Å². The number of nitrogens with one attached hydrogen (secondary N) is 1.